The van der Waals surface area contributed by atoms with Gasteiger partial charge in [-0.25, -0.2) is 0 Å². The molecule has 0 aliphatic heterocycles. The Bertz CT molecular complexity index is 603. The molecule has 1 aromatic rings. The lowest BCUT2D eigenvalue weighted by molar-refractivity contribution is -0.137. The second-order valence-corrected chi connectivity index (χ2v) is 6.27. The summed E-state index contributed by atoms with van der Waals surface area (Å²) < 4.78 is 38.2. The molecule has 0 heterocycles. The van der Waals surface area contributed by atoms with Crippen LogP contribution in [0.4, 0.5) is 18.9 Å². The number of nitrogens with one attached hydrogen (secondary N) is 1. The Morgan fingerprint density at radius 3 is 2.42 bits per heavy atom. The molecule has 0 atom stereocenters. The molecule has 0 saturated carbocycles. The minimum atomic E-state index is -4.53. The van der Waals surface area contributed by atoms with Crippen LogP contribution in [0.5, 0.6) is 0 Å². The minimum absolute atomic E-state index is 0.00657. The normalized spacial score (nSPS) is 11.5. The van der Waals surface area contributed by atoms with Crippen LogP contribution >= 0.6 is 11.6 Å². The largest absolute Gasteiger partial charge is 0.416 e. The van der Waals surface area contributed by atoms with Gasteiger partial charge in [-0.3, -0.25) is 9.59 Å². The fourth-order valence-corrected chi connectivity index (χ4v) is 2.09. The van der Waals surface area contributed by atoms with Crippen LogP contribution < -0.4 is 5.32 Å². The predicted molar refractivity (Wildman–Crippen MR) is 86.8 cm³/mol. The highest BCUT2D eigenvalue weighted by Gasteiger charge is 2.31. The molecule has 0 fully saturated rings. The SMILES string of the molecule is CC(=O)N(CCC(C)C)CC(=O)Nc1cc(C(F)(F)F)ccc1Cl. The molecule has 2 amide bonds. The summed E-state index contributed by atoms with van der Waals surface area (Å²) in [6, 6.07) is 2.68. The minimum Gasteiger partial charge on any atom is -0.334 e. The lowest BCUT2D eigenvalue weighted by Gasteiger charge is -2.21. The second kappa shape index (κ2) is 8.37. The van der Waals surface area contributed by atoms with Gasteiger partial charge in [0, 0.05) is 13.5 Å². The molecule has 8 heteroatoms. The summed E-state index contributed by atoms with van der Waals surface area (Å²) in [5.41, 5.74) is -1.05. The van der Waals surface area contributed by atoms with Crippen LogP contribution in [0.15, 0.2) is 18.2 Å². The molecule has 0 bridgehead atoms. The third kappa shape index (κ3) is 6.39. The molecule has 0 saturated heterocycles. The fraction of sp³-hybridized carbons (Fsp3) is 0.500. The summed E-state index contributed by atoms with van der Waals surface area (Å²) in [5.74, 6) is -0.524. The number of rotatable bonds is 6. The van der Waals surface area contributed by atoms with Crippen molar-refractivity contribution in [3.8, 4) is 0 Å². The first kappa shape index (κ1) is 20.3. The average molecular weight is 365 g/mol. The number of benzene rings is 1. The van der Waals surface area contributed by atoms with Gasteiger partial charge in [0.1, 0.15) is 0 Å². The van der Waals surface area contributed by atoms with E-state index in [-0.39, 0.29) is 23.2 Å². The van der Waals surface area contributed by atoms with E-state index in [4.69, 9.17) is 11.6 Å². The van der Waals surface area contributed by atoms with Crippen molar-refractivity contribution in [1.82, 2.24) is 4.90 Å². The van der Waals surface area contributed by atoms with Gasteiger partial charge in [-0.2, -0.15) is 13.2 Å². The Morgan fingerprint density at radius 1 is 1.29 bits per heavy atom. The lowest BCUT2D eigenvalue weighted by atomic mass is 10.1. The van der Waals surface area contributed by atoms with Crippen molar-refractivity contribution in [1.29, 1.82) is 0 Å². The van der Waals surface area contributed by atoms with E-state index >= 15 is 0 Å². The van der Waals surface area contributed by atoms with Crippen LogP contribution in [0.3, 0.4) is 0 Å². The summed E-state index contributed by atoms with van der Waals surface area (Å²) in [5, 5.41) is 2.32. The number of amides is 2. The zero-order valence-electron chi connectivity index (χ0n) is 13.7. The van der Waals surface area contributed by atoms with Crippen molar-refractivity contribution in [3.63, 3.8) is 0 Å². The second-order valence-electron chi connectivity index (χ2n) is 5.86. The van der Waals surface area contributed by atoms with Gasteiger partial charge in [-0.1, -0.05) is 25.4 Å². The van der Waals surface area contributed by atoms with Crippen molar-refractivity contribution in [2.24, 2.45) is 5.92 Å². The Morgan fingerprint density at radius 2 is 1.92 bits per heavy atom. The molecule has 1 N–H and O–H groups in total. The van der Waals surface area contributed by atoms with Crippen LogP contribution in [0.25, 0.3) is 0 Å². The van der Waals surface area contributed by atoms with Crippen molar-refractivity contribution >= 4 is 29.1 Å². The number of hydrogen-bond acceptors (Lipinski definition) is 2. The monoisotopic (exact) mass is 364 g/mol. The number of hydrogen-bond donors (Lipinski definition) is 1. The standard InChI is InChI=1S/C16H20ClF3N2O2/c1-10(2)6-7-22(11(3)23)9-15(24)21-14-8-12(16(18,19)20)4-5-13(14)17/h4-5,8,10H,6-7,9H2,1-3H3,(H,21,24). The summed E-state index contributed by atoms with van der Waals surface area (Å²) in [6.07, 6.45) is -3.82. The number of anilines is 1. The van der Waals surface area contributed by atoms with Crippen LogP contribution in [0.2, 0.25) is 5.02 Å². The van der Waals surface area contributed by atoms with Gasteiger partial charge in [0.2, 0.25) is 11.8 Å². The molecule has 0 radical (unpaired) electrons. The van der Waals surface area contributed by atoms with Gasteiger partial charge in [0.05, 0.1) is 22.8 Å². The average Bonchev–Trinajstić information content (AvgIpc) is 2.44. The third-order valence-corrected chi connectivity index (χ3v) is 3.65. The number of carbonyl (C=O) groups excluding carboxylic acids is 2. The number of alkyl halides is 3. The van der Waals surface area contributed by atoms with Gasteiger partial charge < -0.3 is 10.2 Å². The van der Waals surface area contributed by atoms with Crippen LogP contribution in [-0.4, -0.2) is 29.8 Å². The molecule has 4 nitrogen and oxygen atoms in total. The molecule has 0 spiro atoms. The number of nitrogens with zero attached hydrogens (tertiary/aromatic N) is 1. The van der Waals surface area contributed by atoms with Gasteiger partial charge in [0.25, 0.3) is 0 Å². The molecule has 0 aliphatic carbocycles. The summed E-state index contributed by atoms with van der Waals surface area (Å²) >= 11 is 5.83. The molecular weight excluding hydrogens is 345 g/mol. The van der Waals surface area contributed by atoms with Crippen LogP contribution in [0.1, 0.15) is 32.8 Å². The fourth-order valence-electron chi connectivity index (χ4n) is 1.92. The van der Waals surface area contributed by atoms with E-state index in [1.807, 2.05) is 13.8 Å². The van der Waals surface area contributed by atoms with Crippen molar-refractivity contribution in [2.45, 2.75) is 33.4 Å². The van der Waals surface area contributed by atoms with E-state index in [9.17, 15) is 22.8 Å². The maximum Gasteiger partial charge on any atom is 0.416 e. The van der Waals surface area contributed by atoms with E-state index in [0.29, 0.717) is 12.5 Å². The highest BCUT2D eigenvalue weighted by Crippen LogP contribution is 2.33. The van der Waals surface area contributed by atoms with Crippen molar-refractivity contribution in [3.05, 3.63) is 28.8 Å². The highest BCUT2D eigenvalue weighted by atomic mass is 35.5. The quantitative estimate of drug-likeness (QED) is 0.822. The number of carbonyl (C=O) groups is 2. The van der Waals surface area contributed by atoms with Gasteiger partial charge in [-0.05, 0) is 30.5 Å². The maximum absolute atomic E-state index is 12.7. The van der Waals surface area contributed by atoms with E-state index in [1.54, 1.807) is 0 Å². The zero-order chi connectivity index (χ0) is 18.5. The van der Waals surface area contributed by atoms with Crippen molar-refractivity contribution < 1.29 is 22.8 Å². The molecule has 24 heavy (non-hydrogen) atoms. The lowest BCUT2D eigenvalue weighted by Crippen LogP contribution is -2.37. The first-order valence-corrected chi connectivity index (χ1v) is 7.80. The summed E-state index contributed by atoms with van der Waals surface area (Å²) in [7, 11) is 0. The first-order chi connectivity index (χ1) is 11.0. The molecular formula is C16H20ClF3N2O2. The zero-order valence-corrected chi connectivity index (χ0v) is 14.5. The molecule has 0 unspecified atom stereocenters. The molecule has 1 aromatic carbocycles. The third-order valence-electron chi connectivity index (χ3n) is 3.32. The van der Waals surface area contributed by atoms with Gasteiger partial charge >= 0.3 is 6.18 Å². The van der Waals surface area contributed by atoms with Crippen LogP contribution in [-0.2, 0) is 15.8 Å². The smallest absolute Gasteiger partial charge is 0.334 e. The topological polar surface area (TPSA) is 49.4 Å². The van der Waals surface area contributed by atoms with Crippen molar-refractivity contribution in [2.75, 3.05) is 18.4 Å². The van der Waals surface area contributed by atoms with Gasteiger partial charge in [0.15, 0.2) is 0 Å². The Kier molecular flexibility index (Phi) is 7.08. The maximum atomic E-state index is 12.7. The van der Waals surface area contributed by atoms with E-state index in [2.05, 4.69) is 5.32 Å². The number of halogens is 4. The van der Waals surface area contributed by atoms with E-state index < -0.39 is 17.6 Å². The Balaban J connectivity index is 2.81. The van der Waals surface area contributed by atoms with Gasteiger partial charge in [-0.15, -0.1) is 0 Å². The molecule has 0 aliphatic rings. The highest BCUT2D eigenvalue weighted by molar-refractivity contribution is 6.33. The summed E-state index contributed by atoms with van der Waals surface area (Å²) in [4.78, 5) is 25.0. The Labute approximate surface area is 144 Å². The predicted octanol–water partition coefficient (Wildman–Crippen LogP) is 4.19. The van der Waals surface area contributed by atoms with Crippen LogP contribution in [0, 0.1) is 5.92 Å². The Hall–Kier alpha value is -1.76. The molecule has 0 aromatic heterocycles. The van der Waals surface area contributed by atoms with E-state index in [1.165, 1.54) is 11.8 Å². The first-order valence-electron chi connectivity index (χ1n) is 7.42. The molecule has 134 valence electrons. The van der Waals surface area contributed by atoms with E-state index in [0.717, 1.165) is 24.6 Å². The molecule has 1 rings (SSSR count). The summed E-state index contributed by atoms with van der Waals surface area (Å²) in [6.45, 7) is 5.47.